The number of aliphatic hydroxyl groups is 1. The largest absolute Gasteiger partial charge is 0.495 e. The van der Waals surface area contributed by atoms with Crippen molar-refractivity contribution >= 4 is 37.5 Å². The Bertz CT molecular complexity index is 406. The van der Waals surface area contributed by atoms with Gasteiger partial charge in [-0.2, -0.15) is 0 Å². The maximum Gasteiger partial charge on any atom is 0.135 e. The highest BCUT2D eigenvalue weighted by atomic mass is 79.9. The van der Waals surface area contributed by atoms with Crippen LogP contribution in [-0.4, -0.2) is 24.4 Å². The fourth-order valence-corrected chi connectivity index (χ4v) is 2.88. The minimum absolute atomic E-state index is 0.517. The van der Waals surface area contributed by atoms with Crippen molar-refractivity contribution in [3.8, 4) is 5.75 Å². The van der Waals surface area contributed by atoms with Crippen molar-refractivity contribution in [2.45, 2.75) is 32.3 Å². The molecule has 1 aromatic carbocycles. The first-order valence-corrected chi connectivity index (χ1v) is 7.53. The van der Waals surface area contributed by atoms with Gasteiger partial charge in [-0.3, -0.25) is 0 Å². The van der Waals surface area contributed by atoms with Gasteiger partial charge in [-0.05, 0) is 50.8 Å². The third-order valence-electron chi connectivity index (χ3n) is 3.17. The molecule has 0 spiro atoms. The Morgan fingerprint density at radius 2 is 1.83 bits per heavy atom. The Morgan fingerprint density at radius 3 is 2.33 bits per heavy atom. The van der Waals surface area contributed by atoms with Crippen LogP contribution in [0.5, 0.6) is 5.75 Å². The van der Waals surface area contributed by atoms with Crippen molar-refractivity contribution in [2.24, 2.45) is 0 Å². The van der Waals surface area contributed by atoms with Gasteiger partial charge >= 0.3 is 0 Å². The Balaban J connectivity index is 2.85. The number of rotatable bonds is 6. The van der Waals surface area contributed by atoms with Crippen LogP contribution in [0.3, 0.4) is 0 Å². The number of halogens is 2. The summed E-state index contributed by atoms with van der Waals surface area (Å²) in [6, 6.07) is 3.83. The molecule has 0 saturated heterocycles. The molecule has 18 heavy (non-hydrogen) atoms. The molecule has 0 radical (unpaired) electrons. The van der Waals surface area contributed by atoms with Crippen molar-refractivity contribution in [2.75, 3.05) is 19.0 Å². The van der Waals surface area contributed by atoms with Crippen LogP contribution in [0.1, 0.15) is 26.7 Å². The molecule has 3 nitrogen and oxygen atoms in total. The van der Waals surface area contributed by atoms with Crippen molar-refractivity contribution in [1.29, 1.82) is 0 Å². The smallest absolute Gasteiger partial charge is 0.135 e. The van der Waals surface area contributed by atoms with Crippen LogP contribution in [0, 0.1) is 0 Å². The van der Waals surface area contributed by atoms with Crippen LogP contribution in [0.15, 0.2) is 21.1 Å². The second-order valence-corrected chi connectivity index (χ2v) is 5.96. The molecule has 0 fully saturated rings. The summed E-state index contributed by atoms with van der Waals surface area (Å²) in [6.07, 6.45) is 1.45. The minimum Gasteiger partial charge on any atom is -0.495 e. The Morgan fingerprint density at radius 1 is 1.22 bits per heavy atom. The van der Waals surface area contributed by atoms with Crippen LogP contribution in [0.4, 0.5) is 5.69 Å². The summed E-state index contributed by atoms with van der Waals surface area (Å²) in [4.78, 5) is 0. The van der Waals surface area contributed by atoms with Gasteiger partial charge in [0, 0.05) is 17.1 Å². The van der Waals surface area contributed by atoms with E-state index in [9.17, 15) is 5.11 Å². The van der Waals surface area contributed by atoms with Crippen LogP contribution in [0.25, 0.3) is 0 Å². The number of benzene rings is 1. The van der Waals surface area contributed by atoms with E-state index in [1.54, 1.807) is 7.11 Å². The number of methoxy groups -OCH3 is 1. The van der Waals surface area contributed by atoms with Crippen molar-refractivity contribution in [1.82, 2.24) is 0 Å². The second-order valence-electron chi connectivity index (χ2n) is 4.25. The molecule has 0 atom stereocenters. The molecule has 0 amide bonds. The third-order valence-corrected chi connectivity index (χ3v) is 4.44. The molecule has 1 aromatic rings. The van der Waals surface area contributed by atoms with Gasteiger partial charge in [0.05, 0.1) is 22.9 Å². The summed E-state index contributed by atoms with van der Waals surface area (Å²) >= 11 is 6.92. The van der Waals surface area contributed by atoms with E-state index in [-0.39, 0.29) is 0 Å². The molecular formula is C13H19Br2NO2. The predicted molar refractivity (Wildman–Crippen MR) is 82.4 cm³/mol. The lowest BCUT2D eigenvalue weighted by molar-refractivity contribution is 0.0457. The van der Waals surface area contributed by atoms with E-state index in [0.717, 1.165) is 33.2 Å². The van der Waals surface area contributed by atoms with E-state index >= 15 is 0 Å². The predicted octanol–water partition coefficient (Wildman–Crippen LogP) is 4.18. The van der Waals surface area contributed by atoms with Crippen LogP contribution >= 0.6 is 31.9 Å². The Hall–Kier alpha value is -0.260. The van der Waals surface area contributed by atoms with Gasteiger partial charge in [0.1, 0.15) is 5.75 Å². The van der Waals surface area contributed by atoms with Crippen LogP contribution in [0.2, 0.25) is 0 Å². The highest BCUT2D eigenvalue weighted by molar-refractivity contribution is 9.11. The summed E-state index contributed by atoms with van der Waals surface area (Å²) in [5.74, 6) is 0.761. The molecule has 0 aliphatic heterocycles. The molecule has 1 rings (SSSR count). The fraction of sp³-hybridized carbons (Fsp3) is 0.538. The standard InChI is InChI=1S/C13H19Br2NO2/c1-4-13(17,5-2)8-16-11-7-12(18-3)10(15)6-9(11)14/h6-7,16-17H,4-5,8H2,1-3H3. The van der Waals surface area contributed by atoms with E-state index in [0.29, 0.717) is 6.54 Å². The van der Waals surface area contributed by atoms with Crippen molar-refractivity contribution < 1.29 is 9.84 Å². The van der Waals surface area contributed by atoms with E-state index in [1.165, 1.54) is 0 Å². The average molecular weight is 381 g/mol. The first-order chi connectivity index (χ1) is 8.45. The zero-order valence-electron chi connectivity index (χ0n) is 10.9. The molecule has 102 valence electrons. The number of hydrogen-bond acceptors (Lipinski definition) is 3. The first-order valence-electron chi connectivity index (χ1n) is 5.95. The molecule has 0 aliphatic rings. The monoisotopic (exact) mass is 379 g/mol. The van der Waals surface area contributed by atoms with Gasteiger partial charge in [0.25, 0.3) is 0 Å². The van der Waals surface area contributed by atoms with Crippen molar-refractivity contribution in [3.63, 3.8) is 0 Å². The number of hydrogen-bond donors (Lipinski definition) is 2. The lowest BCUT2D eigenvalue weighted by atomic mass is 9.97. The maximum atomic E-state index is 10.2. The molecule has 2 N–H and O–H groups in total. The average Bonchev–Trinajstić information content (AvgIpc) is 2.37. The van der Waals surface area contributed by atoms with Crippen molar-refractivity contribution in [3.05, 3.63) is 21.1 Å². The highest BCUT2D eigenvalue weighted by Crippen LogP contribution is 2.34. The Labute approximate surface area is 125 Å². The van der Waals surface area contributed by atoms with Gasteiger partial charge in [0.15, 0.2) is 0 Å². The molecule has 0 aliphatic carbocycles. The van der Waals surface area contributed by atoms with Crippen LogP contribution in [-0.2, 0) is 0 Å². The number of nitrogens with one attached hydrogen (secondary N) is 1. The summed E-state index contributed by atoms with van der Waals surface area (Å²) in [5.41, 5.74) is 0.245. The van der Waals surface area contributed by atoms with Gasteiger partial charge in [-0.1, -0.05) is 13.8 Å². The summed E-state index contributed by atoms with van der Waals surface area (Å²) in [5, 5.41) is 13.5. The third kappa shape index (κ3) is 3.87. The Kier molecular flexibility index (Phi) is 5.95. The molecule has 5 heteroatoms. The molecular weight excluding hydrogens is 362 g/mol. The normalized spacial score (nSPS) is 11.4. The number of anilines is 1. The lowest BCUT2D eigenvalue weighted by Crippen LogP contribution is -2.35. The van der Waals surface area contributed by atoms with Gasteiger partial charge in [0.2, 0.25) is 0 Å². The van der Waals surface area contributed by atoms with E-state index in [1.807, 2.05) is 26.0 Å². The summed E-state index contributed by atoms with van der Waals surface area (Å²) in [7, 11) is 1.63. The van der Waals surface area contributed by atoms with Gasteiger partial charge in [-0.15, -0.1) is 0 Å². The maximum absolute atomic E-state index is 10.2. The molecule has 0 bridgehead atoms. The molecule has 0 unspecified atom stereocenters. The zero-order valence-corrected chi connectivity index (χ0v) is 14.1. The number of ether oxygens (including phenoxy) is 1. The van der Waals surface area contributed by atoms with Gasteiger partial charge < -0.3 is 15.2 Å². The quantitative estimate of drug-likeness (QED) is 0.777. The summed E-state index contributed by atoms with van der Waals surface area (Å²) in [6.45, 7) is 4.49. The van der Waals surface area contributed by atoms with E-state index in [2.05, 4.69) is 37.2 Å². The van der Waals surface area contributed by atoms with Gasteiger partial charge in [-0.25, -0.2) is 0 Å². The fourth-order valence-electron chi connectivity index (χ4n) is 1.58. The van der Waals surface area contributed by atoms with E-state index < -0.39 is 5.60 Å². The molecule has 0 saturated carbocycles. The molecule has 0 heterocycles. The topological polar surface area (TPSA) is 41.5 Å². The molecule has 0 aromatic heterocycles. The van der Waals surface area contributed by atoms with E-state index in [4.69, 9.17) is 4.74 Å². The summed E-state index contributed by atoms with van der Waals surface area (Å²) < 4.78 is 7.08. The SMILES string of the molecule is CCC(O)(CC)CNc1cc(OC)c(Br)cc1Br. The minimum atomic E-state index is -0.667. The lowest BCUT2D eigenvalue weighted by Gasteiger charge is -2.26. The second kappa shape index (κ2) is 6.78. The zero-order chi connectivity index (χ0) is 13.8. The van der Waals surface area contributed by atoms with Crippen LogP contribution < -0.4 is 10.1 Å². The first kappa shape index (κ1) is 15.8. The highest BCUT2D eigenvalue weighted by Gasteiger charge is 2.22.